The van der Waals surface area contributed by atoms with E-state index in [-0.39, 0.29) is 17.3 Å². The Morgan fingerprint density at radius 2 is 1.82 bits per heavy atom. The van der Waals surface area contributed by atoms with Gasteiger partial charge in [0.25, 0.3) is 0 Å². The van der Waals surface area contributed by atoms with Crippen LogP contribution in [0.1, 0.15) is 11.6 Å². The van der Waals surface area contributed by atoms with Crippen molar-refractivity contribution in [1.82, 2.24) is 14.5 Å². The standard InChI is InChI=1S/C19H20ClN3O4S/c1-22(28(26,27)16-9-7-15(20)8-10-16)13-17(24)23-12-11-21-19(25)18(23)14-5-3-2-4-6-14/h2-10,18H,11-13H2,1H3,(H,21,25)/t18-/m1/s1. The zero-order valence-electron chi connectivity index (χ0n) is 15.2. The van der Waals surface area contributed by atoms with Crippen molar-refractivity contribution in [3.63, 3.8) is 0 Å². The van der Waals surface area contributed by atoms with E-state index in [0.29, 0.717) is 23.7 Å². The second kappa shape index (κ2) is 8.30. The van der Waals surface area contributed by atoms with Gasteiger partial charge in [-0.15, -0.1) is 0 Å². The van der Waals surface area contributed by atoms with Gasteiger partial charge in [-0.25, -0.2) is 8.42 Å². The summed E-state index contributed by atoms with van der Waals surface area (Å²) in [6, 6.07) is 13.9. The molecule has 148 valence electrons. The van der Waals surface area contributed by atoms with Gasteiger partial charge in [-0.1, -0.05) is 41.9 Å². The number of nitrogens with zero attached hydrogens (tertiary/aromatic N) is 2. The van der Waals surface area contributed by atoms with Gasteiger partial charge in [0.05, 0.1) is 11.4 Å². The molecule has 1 N–H and O–H groups in total. The van der Waals surface area contributed by atoms with Gasteiger partial charge in [0.2, 0.25) is 21.8 Å². The Morgan fingerprint density at radius 1 is 1.18 bits per heavy atom. The first-order valence-corrected chi connectivity index (χ1v) is 10.5. The summed E-state index contributed by atoms with van der Waals surface area (Å²) in [4.78, 5) is 26.7. The summed E-state index contributed by atoms with van der Waals surface area (Å²) in [6.45, 7) is 0.252. The number of likely N-dealkylation sites (N-methyl/N-ethyl adjacent to an activating group) is 1. The van der Waals surface area contributed by atoms with Crippen molar-refractivity contribution in [1.29, 1.82) is 0 Å². The first kappa shape index (κ1) is 20.3. The smallest absolute Gasteiger partial charge is 0.247 e. The number of halogens is 1. The number of hydrogen-bond acceptors (Lipinski definition) is 4. The molecule has 0 spiro atoms. The minimum absolute atomic E-state index is 0.0446. The van der Waals surface area contributed by atoms with E-state index in [2.05, 4.69) is 5.32 Å². The molecule has 28 heavy (non-hydrogen) atoms. The average Bonchev–Trinajstić information content (AvgIpc) is 2.68. The molecule has 1 aliphatic rings. The van der Waals surface area contributed by atoms with E-state index in [0.717, 1.165) is 4.31 Å². The van der Waals surface area contributed by atoms with Crippen molar-refractivity contribution in [2.24, 2.45) is 0 Å². The third-order valence-electron chi connectivity index (χ3n) is 4.53. The largest absolute Gasteiger partial charge is 0.352 e. The van der Waals surface area contributed by atoms with E-state index in [4.69, 9.17) is 11.6 Å². The van der Waals surface area contributed by atoms with Crippen LogP contribution < -0.4 is 5.32 Å². The van der Waals surface area contributed by atoms with Gasteiger partial charge >= 0.3 is 0 Å². The second-order valence-electron chi connectivity index (χ2n) is 6.41. The lowest BCUT2D eigenvalue weighted by molar-refractivity contribution is -0.143. The summed E-state index contributed by atoms with van der Waals surface area (Å²) >= 11 is 5.81. The van der Waals surface area contributed by atoms with Crippen LogP contribution in [-0.4, -0.2) is 56.1 Å². The number of amides is 2. The van der Waals surface area contributed by atoms with Crippen molar-refractivity contribution in [3.05, 3.63) is 65.2 Å². The highest BCUT2D eigenvalue weighted by atomic mass is 35.5. The summed E-state index contributed by atoms with van der Waals surface area (Å²) in [5, 5.41) is 3.17. The number of benzene rings is 2. The molecule has 2 aromatic rings. The van der Waals surface area contributed by atoms with Crippen LogP contribution in [0.2, 0.25) is 5.02 Å². The lowest BCUT2D eigenvalue weighted by Gasteiger charge is -2.36. The van der Waals surface area contributed by atoms with E-state index in [1.807, 2.05) is 6.07 Å². The molecule has 1 atom stereocenters. The van der Waals surface area contributed by atoms with Crippen LogP contribution in [0.4, 0.5) is 0 Å². The molecule has 1 saturated heterocycles. The number of carbonyl (C=O) groups is 2. The fourth-order valence-corrected chi connectivity index (χ4v) is 4.30. The number of sulfonamides is 1. The number of rotatable bonds is 5. The van der Waals surface area contributed by atoms with Gasteiger partial charge in [0.1, 0.15) is 6.04 Å². The predicted octanol–water partition coefficient (Wildman–Crippen LogP) is 1.66. The van der Waals surface area contributed by atoms with E-state index < -0.39 is 22.0 Å². The summed E-state index contributed by atoms with van der Waals surface area (Å²) in [6.07, 6.45) is 0. The summed E-state index contributed by atoms with van der Waals surface area (Å²) in [7, 11) is -2.52. The Bertz CT molecular complexity index is 964. The SMILES string of the molecule is CN(CC(=O)N1CCNC(=O)[C@H]1c1ccccc1)S(=O)(=O)c1ccc(Cl)cc1. The predicted molar refractivity (Wildman–Crippen MR) is 105 cm³/mol. The molecule has 1 heterocycles. The Morgan fingerprint density at radius 3 is 2.46 bits per heavy atom. The molecule has 2 amide bonds. The number of piperazine rings is 1. The van der Waals surface area contributed by atoms with Crippen LogP contribution in [0.5, 0.6) is 0 Å². The minimum Gasteiger partial charge on any atom is -0.352 e. The number of hydrogen-bond donors (Lipinski definition) is 1. The third-order valence-corrected chi connectivity index (χ3v) is 6.60. The highest BCUT2D eigenvalue weighted by Gasteiger charge is 2.35. The van der Waals surface area contributed by atoms with Gasteiger partial charge in [-0.3, -0.25) is 9.59 Å². The fourth-order valence-electron chi connectivity index (χ4n) is 3.06. The Kier molecular flexibility index (Phi) is 6.02. The van der Waals surface area contributed by atoms with E-state index in [9.17, 15) is 18.0 Å². The zero-order valence-corrected chi connectivity index (χ0v) is 16.8. The molecule has 0 aromatic heterocycles. The van der Waals surface area contributed by atoms with Crippen molar-refractivity contribution in [2.45, 2.75) is 10.9 Å². The van der Waals surface area contributed by atoms with E-state index >= 15 is 0 Å². The van der Waals surface area contributed by atoms with Crippen LogP contribution in [0, 0.1) is 0 Å². The molecule has 9 heteroatoms. The van der Waals surface area contributed by atoms with Crippen molar-refractivity contribution >= 4 is 33.4 Å². The Labute approximate surface area is 168 Å². The molecular formula is C19H20ClN3O4S. The molecule has 0 bridgehead atoms. The molecule has 0 radical (unpaired) electrons. The first-order chi connectivity index (χ1) is 13.3. The second-order valence-corrected chi connectivity index (χ2v) is 8.89. The highest BCUT2D eigenvalue weighted by molar-refractivity contribution is 7.89. The van der Waals surface area contributed by atoms with Gasteiger partial charge < -0.3 is 10.2 Å². The average molecular weight is 422 g/mol. The van der Waals surface area contributed by atoms with Gasteiger partial charge in [0, 0.05) is 25.2 Å². The van der Waals surface area contributed by atoms with Crippen molar-refractivity contribution < 1.29 is 18.0 Å². The molecule has 1 aliphatic heterocycles. The van der Waals surface area contributed by atoms with E-state index in [1.54, 1.807) is 24.3 Å². The van der Waals surface area contributed by atoms with E-state index in [1.165, 1.54) is 36.2 Å². The maximum atomic E-state index is 12.9. The van der Waals surface area contributed by atoms with Crippen LogP contribution in [0.25, 0.3) is 0 Å². The van der Waals surface area contributed by atoms with Crippen LogP contribution in [0.3, 0.4) is 0 Å². The molecule has 3 rings (SSSR count). The summed E-state index contributed by atoms with van der Waals surface area (Å²) in [5.41, 5.74) is 0.677. The number of carbonyl (C=O) groups excluding carboxylic acids is 2. The van der Waals surface area contributed by atoms with Crippen LogP contribution in [-0.2, 0) is 19.6 Å². The van der Waals surface area contributed by atoms with Crippen molar-refractivity contribution in [2.75, 3.05) is 26.7 Å². The molecule has 7 nitrogen and oxygen atoms in total. The lowest BCUT2D eigenvalue weighted by atomic mass is 10.0. The fraction of sp³-hybridized carbons (Fsp3) is 0.263. The highest BCUT2D eigenvalue weighted by Crippen LogP contribution is 2.24. The minimum atomic E-state index is -3.86. The molecule has 1 fully saturated rings. The van der Waals surface area contributed by atoms with Crippen LogP contribution >= 0.6 is 11.6 Å². The maximum Gasteiger partial charge on any atom is 0.247 e. The monoisotopic (exact) mass is 421 g/mol. The number of nitrogens with one attached hydrogen (secondary N) is 1. The topological polar surface area (TPSA) is 86.8 Å². The lowest BCUT2D eigenvalue weighted by Crippen LogP contribution is -2.54. The third kappa shape index (κ3) is 4.19. The molecule has 0 saturated carbocycles. The normalized spacial score (nSPS) is 17.5. The first-order valence-electron chi connectivity index (χ1n) is 8.65. The van der Waals surface area contributed by atoms with Crippen molar-refractivity contribution in [3.8, 4) is 0 Å². The zero-order chi connectivity index (χ0) is 20.3. The molecule has 0 unspecified atom stereocenters. The maximum absolute atomic E-state index is 12.9. The molecule has 2 aromatic carbocycles. The molecule has 0 aliphatic carbocycles. The van der Waals surface area contributed by atoms with Gasteiger partial charge in [-0.05, 0) is 29.8 Å². The Balaban J connectivity index is 1.80. The van der Waals surface area contributed by atoms with Gasteiger partial charge in [0.15, 0.2) is 0 Å². The quantitative estimate of drug-likeness (QED) is 0.795. The summed E-state index contributed by atoms with van der Waals surface area (Å²) in [5.74, 6) is -0.724. The summed E-state index contributed by atoms with van der Waals surface area (Å²) < 4.78 is 26.4. The Hall–Kier alpha value is -2.42. The van der Waals surface area contributed by atoms with Gasteiger partial charge in [-0.2, -0.15) is 4.31 Å². The van der Waals surface area contributed by atoms with Crippen LogP contribution in [0.15, 0.2) is 59.5 Å². The molecular weight excluding hydrogens is 402 g/mol.